The van der Waals surface area contributed by atoms with Crippen LogP contribution in [-0.4, -0.2) is 20.9 Å². The van der Waals surface area contributed by atoms with Gasteiger partial charge < -0.3 is 5.11 Å². The Morgan fingerprint density at radius 2 is 1.75 bits per heavy atom. The Hall–Kier alpha value is -3.84. The first kappa shape index (κ1) is 17.6. The van der Waals surface area contributed by atoms with Gasteiger partial charge in [0.1, 0.15) is 0 Å². The van der Waals surface area contributed by atoms with Crippen molar-refractivity contribution in [1.29, 1.82) is 0 Å². The molecule has 0 fully saturated rings. The third-order valence-corrected chi connectivity index (χ3v) is 4.63. The lowest BCUT2D eigenvalue weighted by molar-refractivity contribution is 0.0698. The predicted molar refractivity (Wildman–Crippen MR) is 110 cm³/mol. The molecule has 0 bridgehead atoms. The van der Waals surface area contributed by atoms with Gasteiger partial charge >= 0.3 is 5.97 Å². The molecule has 0 spiro atoms. The summed E-state index contributed by atoms with van der Waals surface area (Å²) in [5.41, 5.74) is 4.87. The van der Waals surface area contributed by atoms with Gasteiger partial charge in [0.15, 0.2) is 0 Å². The van der Waals surface area contributed by atoms with Crippen LogP contribution in [0.1, 0.15) is 28.4 Å². The van der Waals surface area contributed by atoms with Gasteiger partial charge in [0.2, 0.25) is 0 Å². The van der Waals surface area contributed by atoms with Crippen LogP contribution in [0.25, 0.3) is 22.0 Å². The number of fused-ring (bicyclic) bond motifs is 1. The molecule has 0 radical (unpaired) electrons. The van der Waals surface area contributed by atoms with Crippen LogP contribution in [0.5, 0.6) is 0 Å². The maximum atomic E-state index is 11.8. The molecule has 4 nitrogen and oxygen atoms in total. The summed E-state index contributed by atoms with van der Waals surface area (Å²) in [6.45, 7) is 2.23. The van der Waals surface area contributed by atoms with Crippen LogP contribution in [0.4, 0.5) is 0 Å². The molecule has 0 unspecified atom stereocenters. The Kier molecular flexibility index (Phi) is 4.65. The smallest absolute Gasteiger partial charge is 0.337 e. The molecule has 28 heavy (non-hydrogen) atoms. The van der Waals surface area contributed by atoms with Crippen molar-refractivity contribution in [1.82, 2.24) is 9.78 Å². The molecule has 0 aliphatic rings. The van der Waals surface area contributed by atoms with Gasteiger partial charge in [0.25, 0.3) is 0 Å². The van der Waals surface area contributed by atoms with E-state index in [1.54, 1.807) is 23.9 Å². The van der Waals surface area contributed by atoms with Gasteiger partial charge in [-0.15, -0.1) is 5.92 Å². The lowest BCUT2D eigenvalue weighted by Crippen LogP contribution is -2.06. The summed E-state index contributed by atoms with van der Waals surface area (Å²) in [6, 6.07) is 21.9. The van der Waals surface area contributed by atoms with E-state index >= 15 is 0 Å². The summed E-state index contributed by atoms with van der Waals surface area (Å²) in [7, 11) is 0. The van der Waals surface area contributed by atoms with Gasteiger partial charge in [0.05, 0.1) is 23.8 Å². The van der Waals surface area contributed by atoms with Crippen LogP contribution in [0.3, 0.4) is 0 Å². The van der Waals surface area contributed by atoms with E-state index in [9.17, 15) is 9.90 Å². The van der Waals surface area contributed by atoms with Crippen molar-refractivity contribution >= 4 is 16.9 Å². The molecule has 4 aromatic rings. The number of carboxylic acid groups (broad SMARTS) is 1. The fraction of sp³-hybridized carbons (Fsp3) is 0.0833. The van der Waals surface area contributed by atoms with Crippen molar-refractivity contribution in [2.24, 2.45) is 0 Å². The van der Waals surface area contributed by atoms with Crippen LogP contribution in [-0.2, 0) is 6.54 Å². The standard InChI is InChI=1S/C24H18N2O2/c1-2-6-18-13-21-15-25-26(23(21)22(14-18)24(27)28)16-17-9-11-20(12-10-17)19-7-4-3-5-8-19/h3-5,7-15H,16H2,1H3,(H,27,28). The number of hydrogen-bond donors (Lipinski definition) is 1. The minimum atomic E-state index is -0.981. The van der Waals surface area contributed by atoms with Gasteiger partial charge in [-0.25, -0.2) is 4.79 Å². The molecule has 1 N–H and O–H groups in total. The van der Waals surface area contributed by atoms with Crippen molar-refractivity contribution < 1.29 is 9.90 Å². The first-order chi connectivity index (χ1) is 13.7. The van der Waals surface area contributed by atoms with E-state index in [4.69, 9.17) is 0 Å². The Morgan fingerprint density at radius 1 is 1.04 bits per heavy atom. The van der Waals surface area contributed by atoms with E-state index in [2.05, 4.69) is 41.2 Å². The normalized spacial score (nSPS) is 10.5. The van der Waals surface area contributed by atoms with Gasteiger partial charge in [-0.1, -0.05) is 60.5 Å². The van der Waals surface area contributed by atoms with Crippen LogP contribution in [0, 0.1) is 11.8 Å². The fourth-order valence-electron chi connectivity index (χ4n) is 3.34. The van der Waals surface area contributed by atoms with E-state index in [1.807, 2.05) is 36.4 Å². The monoisotopic (exact) mass is 366 g/mol. The number of nitrogens with zero attached hydrogens (tertiary/aromatic N) is 2. The van der Waals surface area contributed by atoms with Gasteiger partial charge in [0, 0.05) is 10.9 Å². The molecular formula is C24H18N2O2. The summed E-state index contributed by atoms with van der Waals surface area (Å²) in [5, 5.41) is 14.9. The second kappa shape index (κ2) is 7.42. The molecular weight excluding hydrogens is 348 g/mol. The van der Waals surface area contributed by atoms with Crippen LogP contribution < -0.4 is 0 Å². The maximum absolute atomic E-state index is 11.8. The predicted octanol–water partition coefficient (Wildman–Crippen LogP) is 4.82. The highest BCUT2D eigenvalue weighted by Crippen LogP contribution is 2.24. The highest BCUT2D eigenvalue weighted by Gasteiger charge is 2.15. The molecule has 1 aromatic heterocycles. The first-order valence-corrected chi connectivity index (χ1v) is 8.95. The minimum absolute atomic E-state index is 0.216. The van der Waals surface area contributed by atoms with Gasteiger partial charge in [-0.2, -0.15) is 5.10 Å². The average molecular weight is 366 g/mol. The first-order valence-electron chi connectivity index (χ1n) is 8.95. The second-order valence-corrected chi connectivity index (χ2v) is 6.51. The Bertz CT molecular complexity index is 1210. The molecule has 0 saturated heterocycles. The molecule has 4 heteroatoms. The summed E-state index contributed by atoms with van der Waals surface area (Å²) >= 11 is 0. The molecule has 1 heterocycles. The second-order valence-electron chi connectivity index (χ2n) is 6.51. The molecule has 0 saturated carbocycles. The zero-order valence-electron chi connectivity index (χ0n) is 15.4. The summed E-state index contributed by atoms with van der Waals surface area (Å²) in [4.78, 5) is 11.8. The Balaban J connectivity index is 1.70. The number of aromatic carboxylic acids is 1. The van der Waals surface area contributed by atoms with Crippen molar-refractivity contribution in [3.63, 3.8) is 0 Å². The van der Waals surface area contributed by atoms with Crippen LogP contribution in [0.2, 0.25) is 0 Å². The van der Waals surface area contributed by atoms with E-state index < -0.39 is 5.97 Å². The van der Waals surface area contributed by atoms with Gasteiger partial charge in [-0.3, -0.25) is 4.68 Å². The molecule has 4 rings (SSSR count). The molecule has 0 aliphatic carbocycles. The quantitative estimate of drug-likeness (QED) is 0.527. The number of hydrogen-bond acceptors (Lipinski definition) is 2. The maximum Gasteiger partial charge on any atom is 0.337 e. The van der Waals surface area contributed by atoms with Crippen molar-refractivity contribution in [2.75, 3.05) is 0 Å². The summed E-state index contributed by atoms with van der Waals surface area (Å²) in [5.74, 6) is 4.75. The number of rotatable bonds is 4. The topological polar surface area (TPSA) is 55.1 Å². The lowest BCUT2D eigenvalue weighted by Gasteiger charge is -2.08. The SMILES string of the molecule is CC#Cc1cc(C(=O)O)c2c(cnn2Cc2ccc(-c3ccccc3)cc2)c1. The largest absolute Gasteiger partial charge is 0.478 e. The van der Waals surface area contributed by atoms with Crippen molar-refractivity contribution in [2.45, 2.75) is 13.5 Å². The number of aromatic nitrogens is 2. The van der Waals surface area contributed by atoms with Crippen LogP contribution >= 0.6 is 0 Å². The fourth-order valence-corrected chi connectivity index (χ4v) is 3.34. The molecule has 0 atom stereocenters. The lowest BCUT2D eigenvalue weighted by atomic mass is 10.0. The average Bonchev–Trinajstić information content (AvgIpc) is 3.11. The van der Waals surface area contributed by atoms with Crippen molar-refractivity contribution in [3.8, 4) is 23.0 Å². The van der Waals surface area contributed by atoms with Gasteiger partial charge in [-0.05, 0) is 35.7 Å². The molecule has 3 aromatic carbocycles. The Morgan fingerprint density at radius 3 is 2.43 bits per heavy atom. The van der Waals surface area contributed by atoms with Crippen LogP contribution in [0.15, 0.2) is 72.9 Å². The van der Waals surface area contributed by atoms with E-state index in [-0.39, 0.29) is 5.56 Å². The number of carboxylic acids is 1. The minimum Gasteiger partial charge on any atom is -0.478 e. The van der Waals surface area contributed by atoms with E-state index in [1.165, 1.54) is 0 Å². The zero-order valence-corrected chi connectivity index (χ0v) is 15.4. The highest BCUT2D eigenvalue weighted by molar-refractivity contribution is 6.02. The van der Waals surface area contributed by atoms with E-state index in [0.717, 1.165) is 22.1 Å². The van der Waals surface area contributed by atoms with E-state index in [0.29, 0.717) is 17.6 Å². The summed E-state index contributed by atoms with van der Waals surface area (Å²) < 4.78 is 1.74. The Labute approximate surface area is 163 Å². The molecule has 0 amide bonds. The zero-order chi connectivity index (χ0) is 19.5. The molecule has 0 aliphatic heterocycles. The highest BCUT2D eigenvalue weighted by atomic mass is 16.4. The number of carbonyl (C=O) groups is 1. The molecule has 136 valence electrons. The number of benzene rings is 3. The third-order valence-electron chi connectivity index (χ3n) is 4.63. The summed E-state index contributed by atoms with van der Waals surface area (Å²) in [6.07, 6.45) is 1.70. The van der Waals surface area contributed by atoms with Crippen molar-refractivity contribution in [3.05, 3.63) is 89.6 Å². The third kappa shape index (κ3) is 3.38.